The smallest absolute Gasteiger partial charge is 0.178 e. The third-order valence-corrected chi connectivity index (χ3v) is 3.34. The van der Waals surface area contributed by atoms with Gasteiger partial charge in [-0.3, -0.25) is 0 Å². The largest absolute Gasteiger partial charge is 0.492 e. The van der Waals surface area contributed by atoms with Crippen molar-refractivity contribution < 1.29 is 9.47 Å². The van der Waals surface area contributed by atoms with Gasteiger partial charge < -0.3 is 19.0 Å². The Bertz CT molecular complexity index is 603. The highest BCUT2D eigenvalue weighted by atomic mass is 32.1. The fourth-order valence-corrected chi connectivity index (χ4v) is 2.53. The molecule has 1 atom stereocenters. The van der Waals surface area contributed by atoms with Crippen LogP contribution in [0.25, 0.3) is 11.0 Å². The molecule has 0 amide bonds. The molecular formula is C14H20N2O2S. The van der Waals surface area contributed by atoms with Crippen LogP contribution in [0.15, 0.2) is 18.2 Å². The Balaban J connectivity index is 2.42. The fraction of sp³-hybridized carbons (Fsp3) is 0.500. The van der Waals surface area contributed by atoms with Crippen LogP contribution in [0.5, 0.6) is 5.75 Å². The van der Waals surface area contributed by atoms with Gasteiger partial charge in [-0.25, -0.2) is 0 Å². The molecule has 19 heavy (non-hydrogen) atoms. The third kappa shape index (κ3) is 2.98. The van der Waals surface area contributed by atoms with E-state index in [4.69, 9.17) is 21.7 Å². The Kier molecular flexibility index (Phi) is 4.61. The number of nitrogens with one attached hydrogen (secondary N) is 1. The molecule has 2 rings (SSSR count). The van der Waals surface area contributed by atoms with Crippen LogP contribution in [-0.4, -0.2) is 29.9 Å². The van der Waals surface area contributed by atoms with Gasteiger partial charge in [-0.2, -0.15) is 0 Å². The van der Waals surface area contributed by atoms with Crippen LogP contribution in [0.3, 0.4) is 0 Å². The first-order valence-corrected chi connectivity index (χ1v) is 6.91. The first kappa shape index (κ1) is 14.1. The molecular weight excluding hydrogens is 260 g/mol. The Morgan fingerprint density at radius 3 is 2.89 bits per heavy atom. The minimum absolute atomic E-state index is 0.409. The summed E-state index contributed by atoms with van der Waals surface area (Å²) < 4.78 is 13.6. The topological polar surface area (TPSA) is 39.2 Å². The second-order valence-electron chi connectivity index (χ2n) is 4.68. The van der Waals surface area contributed by atoms with E-state index in [0.29, 0.717) is 12.5 Å². The minimum Gasteiger partial charge on any atom is -0.492 e. The molecule has 1 N–H and O–H groups in total. The molecule has 0 saturated carbocycles. The van der Waals surface area contributed by atoms with Crippen molar-refractivity contribution in [2.24, 2.45) is 5.92 Å². The minimum atomic E-state index is 0.409. The van der Waals surface area contributed by atoms with Crippen LogP contribution in [-0.2, 0) is 11.3 Å². The first-order valence-electron chi connectivity index (χ1n) is 6.50. The molecule has 0 aliphatic carbocycles. The molecule has 0 aliphatic heterocycles. The number of aromatic nitrogens is 2. The van der Waals surface area contributed by atoms with E-state index >= 15 is 0 Å². The Morgan fingerprint density at radius 1 is 1.42 bits per heavy atom. The average molecular weight is 280 g/mol. The molecule has 0 spiro atoms. The lowest BCUT2D eigenvalue weighted by molar-refractivity contribution is 0.152. The van der Waals surface area contributed by atoms with Crippen molar-refractivity contribution in [3.8, 4) is 5.75 Å². The second kappa shape index (κ2) is 6.21. The third-order valence-electron chi connectivity index (χ3n) is 3.02. The van der Waals surface area contributed by atoms with E-state index < -0.39 is 0 Å². The van der Waals surface area contributed by atoms with Crippen molar-refractivity contribution in [1.29, 1.82) is 0 Å². The van der Waals surface area contributed by atoms with E-state index in [9.17, 15) is 0 Å². The zero-order chi connectivity index (χ0) is 13.8. The molecule has 1 unspecified atom stereocenters. The van der Waals surface area contributed by atoms with Crippen molar-refractivity contribution in [1.82, 2.24) is 9.55 Å². The monoisotopic (exact) mass is 280 g/mol. The number of ether oxygens (including phenoxy) is 2. The van der Waals surface area contributed by atoms with Crippen LogP contribution >= 0.6 is 12.2 Å². The molecule has 1 heterocycles. The summed E-state index contributed by atoms with van der Waals surface area (Å²) in [5.41, 5.74) is 2.05. The summed E-state index contributed by atoms with van der Waals surface area (Å²) in [6.07, 6.45) is 0. The molecule has 0 bridgehead atoms. The maximum atomic E-state index is 5.62. The highest BCUT2D eigenvalue weighted by Crippen LogP contribution is 2.25. The number of methoxy groups -OCH3 is 1. The van der Waals surface area contributed by atoms with Gasteiger partial charge in [-0.15, -0.1) is 0 Å². The summed E-state index contributed by atoms with van der Waals surface area (Å²) in [6.45, 7) is 6.33. The summed E-state index contributed by atoms with van der Waals surface area (Å²) in [7, 11) is 1.72. The van der Waals surface area contributed by atoms with Crippen LogP contribution < -0.4 is 4.74 Å². The van der Waals surface area contributed by atoms with E-state index in [1.165, 1.54) is 0 Å². The summed E-state index contributed by atoms with van der Waals surface area (Å²) in [5, 5.41) is 0. The number of H-pyrrole nitrogens is 1. The number of para-hydroxylation sites is 1. The predicted molar refractivity (Wildman–Crippen MR) is 79.3 cm³/mol. The van der Waals surface area contributed by atoms with Gasteiger partial charge >= 0.3 is 0 Å². The van der Waals surface area contributed by atoms with Gasteiger partial charge in [0.2, 0.25) is 0 Å². The van der Waals surface area contributed by atoms with Crippen LogP contribution in [0.2, 0.25) is 0 Å². The van der Waals surface area contributed by atoms with Crippen molar-refractivity contribution in [3.63, 3.8) is 0 Å². The molecule has 0 saturated heterocycles. The van der Waals surface area contributed by atoms with E-state index in [-0.39, 0.29) is 0 Å². The number of imidazole rings is 1. The zero-order valence-corrected chi connectivity index (χ0v) is 12.4. The Labute approximate surface area is 118 Å². The summed E-state index contributed by atoms with van der Waals surface area (Å²) in [4.78, 5) is 3.24. The van der Waals surface area contributed by atoms with Crippen LogP contribution in [0.1, 0.15) is 13.8 Å². The van der Waals surface area contributed by atoms with Gasteiger partial charge in [0.25, 0.3) is 0 Å². The molecule has 1 aromatic heterocycles. The SMILES string of the molecule is CCOc1cccc2c1[nH]c(=S)n2CC(C)COC. The van der Waals surface area contributed by atoms with Gasteiger partial charge in [0.05, 0.1) is 18.7 Å². The van der Waals surface area contributed by atoms with E-state index in [1.54, 1.807) is 7.11 Å². The standard InChI is InChI=1S/C14H20N2O2S/c1-4-18-12-7-5-6-11-13(12)15-14(19)16(11)8-10(2)9-17-3/h5-7,10H,4,8-9H2,1-3H3,(H,15,19). The maximum Gasteiger partial charge on any atom is 0.178 e. The number of rotatable bonds is 6. The average Bonchev–Trinajstić information content (AvgIpc) is 2.68. The second-order valence-corrected chi connectivity index (χ2v) is 5.07. The van der Waals surface area contributed by atoms with Crippen LogP contribution in [0.4, 0.5) is 0 Å². The maximum absolute atomic E-state index is 5.62. The number of aromatic amines is 1. The lowest BCUT2D eigenvalue weighted by Gasteiger charge is -2.12. The lowest BCUT2D eigenvalue weighted by Crippen LogP contribution is -2.12. The quantitative estimate of drug-likeness (QED) is 0.824. The molecule has 2 aromatic rings. The number of fused-ring (bicyclic) bond motifs is 1. The lowest BCUT2D eigenvalue weighted by atomic mass is 10.2. The molecule has 5 heteroatoms. The van der Waals surface area contributed by atoms with Gasteiger partial charge in [0, 0.05) is 13.7 Å². The number of nitrogens with zero attached hydrogens (tertiary/aromatic N) is 1. The van der Waals surface area contributed by atoms with E-state index in [2.05, 4.69) is 22.5 Å². The number of hydrogen-bond donors (Lipinski definition) is 1. The normalized spacial score (nSPS) is 12.8. The Hall–Kier alpha value is -1.33. The highest BCUT2D eigenvalue weighted by molar-refractivity contribution is 7.71. The zero-order valence-electron chi connectivity index (χ0n) is 11.6. The van der Waals surface area contributed by atoms with Gasteiger partial charge in [0.15, 0.2) is 4.77 Å². The van der Waals surface area contributed by atoms with Crippen molar-refractivity contribution in [3.05, 3.63) is 23.0 Å². The van der Waals surface area contributed by atoms with E-state index in [1.807, 2.05) is 19.1 Å². The highest BCUT2D eigenvalue weighted by Gasteiger charge is 2.11. The first-order chi connectivity index (χ1) is 9.17. The molecule has 0 radical (unpaired) electrons. The molecule has 1 aromatic carbocycles. The molecule has 104 valence electrons. The molecule has 4 nitrogen and oxygen atoms in total. The van der Waals surface area contributed by atoms with Gasteiger partial charge in [-0.05, 0) is 37.2 Å². The van der Waals surface area contributed by atoms with Crippen LogP contribution in [0, 0.1) is 10.7 Å². The molecule has 0 aliphatic rings. The van der Waals surface area contributed by atoms with E-state index in [0.717, 1.165) is 34.7 Å². The predicted octanol–water partition coefficient (Wildman–Crippen LogP) is 3.38. The summed E-state index contributed by atoms with van der Waals surface area (Å²) >= 11 is 5.41. The van der Waals surface area contributed by atoms with Gasteiger partial charge in [-0.1, -0.05) is 13.0 Å². The Morgan fingerprint density at radius 2 is 2.21 bits per heavy atom. The fourth-order valence-electron chi connectivity index (χ4n) is 2.26. The van der Waals surface area contributed by atoms with Crippen molar-refractivity contribution in [2.45, 2.75) is 20.4 Å². The number of benzene rings is 1. The van der Waals surface area contributed by atoms with Gasteiger partial charge in [0.1, 0.15) is 11.3 Å². The summed E-state index contributed by atoms with van der Waals surface area (Å²) in [6, 6.07) is 6.01. The number of hydrogen-bond acceptors (Lipinski definition) is 3. The van der Waals surface area contributed by atoms with Crippen molar-refractivity contribution in [2.75, 3.05) is 20.3 Å². The molecule has 0 fully saturated rings. The summed E-state index contributed by atoms with van der Waals surface area (Å²) in [5.74, 6) is 1.26. The van der Waals surface area contributed by atoms with Crippen molar-refractivity contribution >= 4 is 23.3 Å².